The molecule has 1 heterocycles. The predicted molar refractivity (Wildman–Crippen MR) is 94.4 cm³/mol. The van der Waals surface area contributed by atoms with Crippen LogP contribution >= 0.6 is 12.6 Å². The van der Waals surface area contributed by atoms with Crippen molar-refractivity contribution in [1.29, 1.82) is 0 Å². The largest absolute Gasteiger partial charge is 0.381 e. The van der Waals surface area contributed by atoms with E-state index in [1.165, 1.54) is 19.3 Å². The molecule has 0 aromatic rings. The third-order valence-electron chi connectivity index (χ3n) is 5.00. The standard InChI is InChI=1S/C17H34N2O2S/c1-14-8-15(10-17(2,3)9-14)21-12-16(22)11-18-4-6-19(13-20)7-5-18/h14-16,20,22H,4-13H2,1-3H3. The van der Waals surface area contributed by atoms with E-state index in [0.29, 0.717) is 11.5 Å². The summed E-state index contributed by atoms with van der Waals surface area (Å²) in [5, 5.41) is 9.40. The fourth-order valence-corrected chi connectivity index (χ4v) is 4.41. The SMILES string of the molecule is CC1CC(OCC(S)CN2CCN(CO)CC2)CC(C)(C)C1. The molecular weight excluding hydrogens is 296 g/mol. The number of thiol groups is 1. The van der Waals surface area contributed by atoms with Gasteiger partial charge in [0.15, 0.2) is 0 Å². The molecule has 1 aliphatic carbocycles. The molecule has 5 heteroatoms. The van der Waals surface area contributed by atoms with Crippen molar-refractivity contribution in [2.24, 2.45) is 11.3 Å². The molecule has 2 rings (SSSR count). The van der Waals surface area contributed by atoms with E-state index >= 15 is 0 Å². The van der Waals surface area contributed by atoms with E-state index in [9.17, 15) is 0 Å². The van der Waals surface area contributed by atoms with Crippen LogP contribution in [0.3, 0.4) is 0 Å². The van der Waals surface area contributed by atoms with Crippen LogP contribution < -0.4 is 0 Å². The molecule has 4 nitrogen and oxygen atoms in total. The summed E-state index contributed by atoms with van der Waals surface area (Å²) in [6, 6.07) is 0. The van der Waals surface area contributed by atoms with Crippen LogP contribution in [0.4, 0.5) is 0 Å². The Hall–Kier alpha value is 0.190. The lowest BCUT2D eigenvalue weighted by Gasteiger charge is -2.39. The van der Waals surface area contributed by atoms with Crippen molar-refractivity contribution in [3.05, 3.63) is 0 Å². The van der Waals surface area contributed by atoms with Crippen LogP contribution in [0.5, 0.6) is 0 Å². The van der Waals surface area contributed by atoms with E-state index < -0.39 is 0 Å². The van der Waals surface area contributed by atoms with Gasteiger partial charge in [0.1, 0.15) is 0 Å². The van der Waals surface area contributed by atoms with Crippen LogP contribution in [0.1, 0.15) is 40.0 Å². The highest BCUT2D eigenvalue weighted by Gasteiger charge is 2.32. The molecule has 2 aliphatic rings. The Morgan fingerprint density at radius 1 is 1.18 bits per heavy atom. The minimum atomic E-state index is 0.177. The number of aliphatic hydroxyl groups is 1. The van der Waals surface area contributed by atoms with Gasteiger partial charge in [0.25, 0.3) is 0 Å². The number of ether oxygens (including phenoxy) is 1. The molecule has 1 N–H and O–H groups in total. The summed E-state index contributed by atoms with van der Waals surface area (Å²) in [7, 11) is 0. The summed E-state index contributed by atoms with van der Waals surface area (Å²) in [6.07, 6.45) is 4.08. The highest BCUT2D eigenvalue weighted by Crippen LogP contribution is 2.39. The van der Waals surface area contributed by atoms with Crippen molar-refractivity contribution in [2.45, 2.75) is 51.4 Å². The molecule has 22 heavy (non-hydrogen) atoms. The molecule has 1 saturated heterocycles. The number of hydrogen-bond acceptors (Lipinski definition) is 5. The second-order valence-electron chi connectivity index (χ2n) is 8.08. The van der Waals surface area contributed by atoms with Crippen LogP contribution in [0.25, 0.3) is 0 Å². The molecule has 130 valence electrons. The maximum absolute atomic E-state index is 9.12. The quantitative estimate of drug-likeness (QED) is 0.731. The van der Waals surface area contributed by atoms with Crippen LogP contribution in [0.2, 0.25) is 0 Å². The van der Waals surface area contributed by atoms with Gasteiger partial charge in [0, 0.05) is 38.0 Å². The van der Waals surface area contributed by atoms with Gasteiger partial charge in [-0.25, -0.2) is 0 Å². The van der Waals surface area contributed by atoms with Crippen LogP contribution in [0.15, 0.2) is 0 Å². The second kappa shape index (κ2) is 8.34. The summed E-state index contributed by atoms with van der Waals surface area (Å²) in [6.45, 7) is 12.9. The molecule has 1 saturated carbocycles. The Balaban J connectivity index is 1.66. The topological polar surface area (TPSA) is 35.9 Å². The maximum Gasteiger partial charge on any atom is 0.0957 e. The van der Waals surface area contributed by atoms with Crippen molar-refractivity contribution in [3.8, 4) is 0 Å². The highest BCUT2D eigenvalue weighted by atomic mass is 32.1. The van der Waals surface area contributed by atoms with Gasteiger partial charge in [-0.15, -0.1) is 0 Å². The second-order valence-corrected chi connectivity index (χ2v) is 8.81. The molecule has 0 aromatic heterocycles. The minimum Gasteiger partial charge on any atom is -0.381 e. The van der Waals surface area contributed by atoms with Crippen molar-refractivity contribution in [3.63, 3.8) is 0 Å². The van der Waals surface area contributed by atoms with Crippen LogP contribution in [-0.2, 0) is 4.74 Å². The lowest BCUT2D eigenvalue weighted by Crippen LogP contribution is -2.48. The van der Waals surface area contributed by atoms with Gasteiger partial charge in [0.05, 0.1) is 19.4 Å². The smallest absolute Gasteiger partial charge is 0.0957 e. The Morgan fingerprint density at radius 3 is 2.41 bits per heavy atom. The zero-order chi connectivity index (χ0) is 16.2. The number of hydrogen-bond donors (Lipinski definition) is 2. The number of nitrogens with zero attached hydrogens (tertiary/aromatic N) is 2. The zero-order valence-electron chi connectivity index (χ0n) is 14.5. The minimum absolute atomic E-state index is 0.177. The zero-order valence-corrected chi connectivity index (χ0v) is 15.4. The van der Waals surface area contributed by atoms with Gasteiger partial charge in [-0.2, -0.15) is 12.6 Å². The van der Waals surface area contributed by atoms with E-state index in [1.807, 2.05) is 0 Å². The predicted octanol–water partition coefficient (Wildman–Crippen LogP) is 2.08. The number of aliphatic hydroxyl groups excluding tert-OH is 1. The Bertz CT molecular complexity index is 333. The van der Waals surface area contributed by atoms with Crippen LogP contribution in [-0.4, -0.2) is 72.3 Å². The fraction of sp³-hybridized carbons (Fsp3) is 1.00. The molecule has 0 aromatic carbocycles. The summed E-state index contributed by atoms with van der Waals surface area (Å²) in [5.74, 6) is 0.763. The lowest BCUT2D eigenvalue weighted by molar-refractivity contribution is -0.0250. The van der Waals surface area contributed by atoms with Gasteiger partial charge in [-0.3, -0.25) is 9.80 Å². The molecule has 2 fully saturated rings. The number of piperazine rings is 1. The molecule has 0 radical (unpaired) electrons. The molecular formula is C17H34N2O2S. The summed E-state index contributed by atoms with van der Waals surface area (Å²) < 4.78 is 6.18. The summed E-state index contributed by atoms with van der Waals surface area (Å²) in [4.78, 5) is 4.51. The van der Waals surface area contributed by atoms with Crippen molar-refractivity contribution >= 4 is 12.6 Å². The Morgan fingerprint density at radius 2 is 1.82 bits per heavy atom. The fourth-order valence-electron chi connectivity index (χ4n) is 4.10. The summed E-state index contributed by atoms with van der Waals surface area (Å²) in [5.41, 5.74) is 0.412. The van der Waals surface area contributed by atoms with E-state index in [0.717, 1.165) is 45.2 Å². The highest BCUT2D eigenvalue weighted by molar-refractivity contribution is 7.81. The molecule has 3 unspecified atom stereocenters. The Kier molecular flexibility index (Phi) is 7.02. The molecule has 0 spiro atoms. The third-order valence-corrected chi connectivity index (χ3v) is 5.32. The summed E-state index contributed by atoms with van der Waals surface area (Å²) >= 11 is 4.72. The van der Waals surface area contributed by atoms with E-state index in [2.05, 4.69) is 30.6 Å². The van der Waals surface area contributed by atoms with Crippen molar-refractivity contribution < 1.29 is 9.84 Å². The average Bonchev–Trinajstić information content (AvgIpc) is 2.44. The maximum atomic E-state index is 9.12. The molecule has 1 aliphatic heterocycles. The van der Waals surface area contributed by atoms with Crippen molar-refractivity contribution in [1.82, 2.24) is 9.80 Å². The first-order valence-corrected chi connectivity index (χ1v) is 9.25. The van der Waals surface area contributed by atoms with Crippen molar-refractivity contribution in [2.75, 3.05) is 46.1 Å². The van der Waals surface area contributed by atoms with E-state index in [-0.39, 0.29) is 12.0 Å². The first-order chi connectivity index (χ1) is 10.4. The van der Waals surface area contributed by atoms with Gasteiger partial charge in [-0.05, 0) is 30.6 Å². The first-order valence-electron chi connectivity index (χ1n) is 8.73. The first kappa shape index (κ1) is 18.5. The third kappa shape index (κ3) is 6.00. The number of rotatable bonds is 6. The molecule has 0 amide bonds. The monoisotopic (exact) mass is 330 g/mol. The molecule has 0 bridgehead atoms. The van der Waals surface area contributed by atoms with E-state index in [1.54, 1.807) is 0 Å². The van der Waals surface area contributed by atoms with E-state index in [4.69, 9.17) is 22.5 Å². The lowest BCUT2D eigenvalue weighted by atomic mass is 9.71. The van der Waals surface area contributed by atoms with Crippen LogP contribution in [0, 0.1) is 11.3 Å². The van der Waals surface area contributed by atoms with Gasteiger partial charge >= 0.3 is 0 Å². The normalized spacial score (nSPS) is 32.0. The average molecular weight is 331 g/mol. The Labute approximate surface area is 141 Å². The molecule has 3 atom stereocenters. The van der Waals surface area contributed by atoms with Gasteiger partial charge in [0.2, 0.25) is 0 Å². The van der Waals surface area contributed by atoms with Gasteiger partial charge < -0.3 is 9.84 Å². The van der Waals surface area contributed by atoms with Gasteiger partial charge in [-0.1, -0.05) is 20.8 Å².